The molecule has 0 aliphatic carbocycles. The first-order valence-electron chi connectivity index (χ1n) is 5.19. The van der Waals surface area contributed by atoms with Crippen LogP contribution in [0.15, 0.2) is 0 Å². The second kappa shape index (κ2) is 8.25. The van der Waals surface area contributed by atoms with Crippen molar-refractivity contribution in [2.45, 2.75) is 12.8 Å². The number of likely N-dealkylation sites (tertiary alicyclic amines) is 1. The monoisotopic (exact) mass is 252 g/mol. The van der Waals surface area contributed by atoms with Crippen molar-refractivity contribution in [1.82, 2.24) is 10.2 Å². The van der Waals surface area contributed by atoms with Crippen LogP contribution in [-0.4, -0.2) is 49.5 Å². The molecule has 1 saturated heterocycles. The molecule has 90 valence electrons. The van der Waals surface area contributed by atoms with Gasteiger partial charge in [-0.15, -0.1) is 12.4 Å². The maximum absolute atomic E-state index is 11.6. The smallest absolute Gasteiger partial charge is 0.232 e. The van der Waals surface area contributed by atoms with Gasteiger partial charge in [-0.25, -0.2) is 0 Å². The number of amides is 1. The molecule has 1 amide bonds. The zero-order valence-corrected chi connectivity index (χ0v) is 11.1. The van der Waals surface area contributed by atoms with Crippen molar-refractivity contribution in [3.8, 4) is 0 Å². The van der Waals surface area contributed by atoms with E-state index in [4.69, 9.17) is 0 Å². The molecule has 0 spiro atoms. The Morgan fingerprint density at radius 2 is 2.33 bits per heavy atom. The van der Waals surface area contributed by atoms with Gasteiger partial charge in [0.1, 0.15) is 0 Å². The predicted molar refractivity (Wildman–Crippen MR) is 68.9 cm³/mol. The summed E-state index contributed by atoms with van der Waals surface area (Å²) in [7, 11) is 1.97. The number of rotatable bonds is 4. The van der Waals surface area contributed by atoms with Crippen molar-refractivity contribution in [1.29, 1.82) is 0 Å². The molecule has 1 rings (SSSR count). The first-order chi connectivity index (χ1) is 6.77. The molecule has 0 saturated carbocycles. The van der Waals surface area contributed by atoms with E-state index in [9.17, 15) is 4.79 Å². The standard InChI is InChI=1S/C10H20N2OS.ClH/c1-11-6-9-4-3-5-12(7-9)10(13)8-14-2;/h9,11H,3-8H2,1-2H3;1H. The molecule has 0 aromatic carbocycles. The maximum atomic E-state index is 11.6. The van der Waals surface area contributed by atoms with E-state index in [-0.39, 0.29) is 12.4 Å². The van der Waals surface area contributed by atoms with Gasteiger partial charge in [-0.1, -0.05) is 0 Å². The van der Waals surface area contributed by atoms with Gasteiger partial charge in [0.25, 0.3) is 0 Å². The summed E-state index contributed by atoms with van der Waals surface area (Å²) < 4.78 is 0. The number of hydrogen-bond donors (Lipinski definition) is 1. The first kappa shape index (κ1) is 15.1. The lowest BCUT2D eigenvalue weighted by molar-refractivity contribution is -0.130. The van der Waals surface area contributed by atoms with E-state index in [1.807, 2.05) is 18.2 Å². The predicted octanol–water partition coefficient (Wildman–Crippen LogP) is 1.23. The van der Waals surface area contributed by atoms with Gasteiger partial charge in [-0.05, 0) is 38.6 Å². The van der Waals surface area contributed by atoms with Crippen LogP contribution >= 0.6 is 24.2 Å². The van der Waals surface area contributed by atoms with Crippen LogP contribution in [0.3, 0.4) is 0 Å². The molecule has 0 bridgehead atoms. The van der Waals surface area contributed by atoms with Crippen molar-refractivity contribution < 1.29 is 4.79 Å². The van der Waals surface area contributed by atoms with E-state index in [1.165, 1.54) is 6.42 Å². The number of piperidine rings is 1. The molecule has 5 heteroatoms. The molecule has 1 fully saturated rings. The Hall–Kier alpha value is 0.0700. The second-order valence-corrected chi connectivity index (χ2v) is 4.70. The molecule has 3 nitrogen and oxygen atoms in total. The maximum Gasteiger partial charge on any atom is 0.232 e. The second-order valence-electron chi connectivity index (χ2n) is 3.84. The summed E-state index contributed by atoms with van der Waals surface area (Å²) in [5, 5.41) is 3.19. The highest BCUT2D eigenvalue weighted by molar-refractivity contribution is 7.99. The molecule has 1 unspecified atom stereocenters. The van der Waals surface area contributed by atoms with Crippen LogP contribution in [0.5, 0.6) is 0 Å². The summed E-state index contributed by atoms with van der Waals surface area (Å²) in [6, 6.07) is 0. The fourth-order valence-electron chi connectivity index (χ4n) is 1.96. The Balaban J connectivity index is 0.00000196. The van der Waals surface area contributed by atoms with Crippen molar-refractivity contribution >= 4 is 30.1 Å². The molecule has 15 heavy (non-hydrogen) atoms. The average molecular weight is 253 g/mol. The van der Waals surface area contributed by atoms with Crippen LogP contribution in [-0.2, 0) is 4.79 Å². The van der Waals surface area contributed by atoms with Gasteiger partial charge in [-0.2, -0.15) is 11.8 Å². The number of nitrogens with zero attached hydrogens (tertiary/aromatic N) is 1. The highest BCUT2D eigenvalue weighted by Gasteiger charge is 2.22. The molecule has 1 heterocycles. The fraction of sp³-hybridized carbons (Fsp3) is 0.900. The molecule has 0 radical (unpaired) electrons. The Labute approximate surface area is 103 Å². The summed E-state index contributed by atoms with van der Waals surface area (Å²) in [5.41, 5.74) is 0. The van der Waals surface area contributed by atoms with E-state index in [0.29, 0.717) is 17.6 Å². The Morgan fingerprint density at radius 3 is 2.93 bits per heavy atom. The minimum Gasteiger partial charge on any atom is -0.342 e. The van der Waals surface area contributed by atoms with Gasteiger partial charge in [0, 0.05) is 13.1 Å². The van der Waals surface area contributed by atoms with E-state index in [1.54, 1.807) is 11.8 Å². The third-order valence-electron chi connectivity index (χ3n) is 2.63. The Bertz CT molecular complexity index is 190. The third-order valence-corrected chi connectivity index (χ3v) is 3.17. The quantitative estimate of drug-likeness (QED) is 0.817. The normalized spacial score (nSPS) is 20.9. The first-order valence-corrected chi connectivity index (χ1v) is 6.58. The number of nitrogens with one attached hydrogen (secondary N) is 1. The lowest BCUT2D eigenvalue weighted by Crippen LogP contribution is -2.43. The van der Waals surface area contributed by atoms with Gasteiger partial charge in [-0.3, -0.25) is 4.79 Å². The highest BCUT2D eigenvalue weighted by Crippen LogP contribution is 2.16. The molecule has 0 aromatic heterocycles. The van der Waals surface area contributed by atoms with Crippen molar-refractivity contribution in [2.24, 2.45) is 5.92 Å². The average Bonchev–Trinajstić information content (AvgIpc) is 2.19. The van der Waals surface area contributed by atoms with Crippen molar-refractivity contribution in [3.63, 3.8) is 0 Å². The Kier molecular flexibility index (Phi) is 8.29. The van der Waals surface area contributed by atoms with Crippen LogP contribution in [0.25, 0.3) is 0 Å². The van der Waals surface area contributed by atoms with Crippen LogP contribution in [0.4, 0.5) is 0 Å². The molecular formula is C10H21ClN2OS. The van der Waals surface area contributed by atoms with Gasteiger partial charge >= 0.3 is 0 Å². The lowest BCUT2D eigenvalue weighted by Gasteiger charge is -2.32. The van der Waals surface area contributed by atoms with Gasteiger partial charge in [0.15, 0.2) is 0 Å². The molecule has 1 N–H and O–H groups in total. The highest BCUT2D eigenvalue weighted by atomic mass is 35.5. The summed E-state index contributed by atoms with van der Waals surface area (Å²) in [4.78, 5) is 13.6. The van der Waals surface area contributed by atoms with Crippen LogP contribution in [0.1, 0.15) is 12.8 Å². The summed E-state index contributed by atoms with van der Waals surface area (Å²) >= 11 is 1.61. The minimum absolute atomic E-state index is 0. The minimum atomic E-state index is 0. The van der Waals surface area contributed by atoms with Crippen molar-refractivity contribution in [3.05, 3.63) is 0 Å². The van der Waals surface area contributed by atoms with Gasteiger partial charge in [0.2, 0.25) is 5.91 Å². The number of carbonyl (C=O) groups is 1. The SMILES string of the molecule is CNCC1CCCN(C(=O)CSC)C1.Cl. The third kappa shape index (κ3) is 5.09. The number of carbonyl (C=O) groups excluding carboxylic acids is 1. The summed E-state index contributed by atoms with van der Waals surface area (Å²) in [6.07, 6.45) is 4.39. The lowest BCUT2D eigenvalue weighted by atomic mass is 9.98. The molecule has 0 aromatic rings. The van der Waals surface area contributed by atoms with E-state index < -0.39 is 0 Å². The topological polar surface area (TPSA) is 32.3 Å². The number of thioether (sulfide) groups is 1. The molecular weight excluding hydrogens is 232 g/mol. The number of halogens is 1. The molecule has 1 aliphatic rings. The van der Waals surface area contributed by atoms with Crippen molar-refractivity contribution in [2.75, 3.05) is 38.7 Å². The van der Waals surface area contributed by atoms with E-state index in [2.05, 4.69) is 5.32 Å². The Morgan fingerprint density at radius 1 is 1.60 bits per heavy atom. The summed E-state index contributed by atoms with van der Waals surface area (Å²) in [5.74, 6) is 1.59. The van der Waals surface area contributed by atoms with Crippen LogP contribution < -0.4 is 5.32 Å². The zero-order valence-electron chi connectivity index (χ0n) is 9.49. The van der Waals surface area contributed by atoms with Gasteiger partial charge in [0.05, 0.1) is 5.75 Å². The van der Waals surface area contributed by atoms with E-state index in [0.717, 1.165) is 26.1 Å². The number of hydrogen-bond acceptors (Lipinski definition) is 3. The largest absolute Gasteiger partial charge is 0.342 e. The van der Waals surface area contributed by atoms with E-state index >= 15 is 0 Å². The van der Waals surface area contributed by atoms with Gasteiger partial charge < -0.3 is 10.2 Å². The van der Waals surface area contributed by atoms with Crippen LogP contribution in [0.2, 0.25) is 0 Å². The fourth-order valence-corrected chi connectivity index (χ4v) is 2.39. The molecule has 1 atom stereocenters. The zero-order chi connectivity index (χ0) is 10.4. The molecule has 1 aliphatic heterocycles. The summed E-state index contributed by atoms with van der Waals surface area (Å²) in [6.45, 7) is 2.93. The van der Waals surface area contributed by atoms with Crippen LogP contribution in [0, 0.1) is 5.92 Å².